The first-order chi connectivity index (χ1) is 13.6. The Morgan fingerprint density at radius 1 is 1.21 bits per heavy atom. The van der Waals surface area contributed by atoms with Gasteiger partial charge in [-0.15, -0.1) is 5.10 Å². The lowest BCUT2D eigenvalue weighted by molar-refractivity contribution is 0.0869. The first kappa shape index (κ1) is 19.9. The largest absolute Gasteiger partial charge is 0.492 e. The van der Waals surface area contributed by atoms with E-state index < -0.39 is 0 Å². The summed E-state index contributed by atoms with van der Waals surface area (Å²) >= 11 is 0. The minimum Gasteiger partial charge on any atom is -0.492 e. The highest BCUT2D eigenvalue weighted by Gasteiger charge is 2.28. The van der Waals surface area contributed by atoms with Crippen LogP contribution in [-0.2, 0) is 16.1 Å². The molecule has 2 heterocycles. The van der Waals surface area contributed by atoms with Crippen LogP contribution in [0, 0.1) is 6.92 Å². The van der Waals surface area contributed by atoms with E-state index in [2.05, 4.69) is 16.8 Å². The number of aryl methyl sites for hydroxylation is 1. The summed E-state index contributed by atoms with van der Waals surface area (Å²) < 4.78 is 11.0. The molecule has 1 aliphatic heterocycles. The van der Waals surface area contributed by atoms with Crippen LogP contribution in [0.25, 0.3) is 5.76 Å². The van der Waals surface area contributed by atoms with Gasteiger partial charge in [-0.05, 0) is 49.3 Å². The van der Waals surface area contributed by atoms with E-state index in [4.69, 9.17) is 9.47 Å². The Hall–Kier alpha value is -2.89. The SMILES string of the molecule is C=C(OCC)c1nncc(C)c1C1CCN(C(=O)OCc2ccccc2)CC1. The summed E-state index contributed by atoms with van der Waals surface area (Å²) in [4.78, 5) is 14.2. The Labute approximate surface area is 166 Å². The van der Waals surface area contributed by atoms with Gasteiger partial charge < -0.3 is 14.4 Å². The molecule has 0 spiro atoms. The van der Waals surface area contributed by atoms with Crippen molar-refractivity contribution in [1.29, 1.82) is 0 Å². The maximum atomic E-state index is 12.4. The first-order valence-corrected chi connectivity index (χ1v) is 9.70. The number of carbonyl (C=O) groups excluding carboxylic acids is 1. The number of benzene rings is 1. The molecule has 0 radical (unpaired) electrons. The van der Waals surface area contributed by atoms with Crippen LogP contribution in [0.2, 0.25) is 0 Å². The summed E-state index contributed by atoms with van der Waals surface area (Å²) in [6.45, 7) is 10.1. The number of carbonyl (C=O) groups is 1. The Bertz CT molecular complexity index is 815. The van der Waals surface area contributed by atoms with Gasteiger partial charge in [-0.25, -0.2) is 4.79 Å². The van der Waals surface area contributed by atoms with Gasteiger partial charge in [0.05, 0.1) is 12.8 Å². The fraction of sp³-hybridized carbons (Fsp3) is 0.409. The van der Waals surface area contributed by atoms with E-state index in [1.54, 1.807) is 11.1 Å². The molecule has 0 atom stereocenters. The van der Waals surface area contributed by atoms with Crippen LogP contribution in [0.3, 0.4) is 0 Å². The van der Waals surface area contributed by atoms with Crippen LogP contribution in [-0.4, -0.2) is 40.9 Å². The molecular weight excluding hydrogens is 354 g/mol. The molecule has 1 amide bonds. The van der Waals surface area contributed by atoms with Gasteiger partial charge in [0.1, 0.15) is 18.1 Å². The molecule has 3 rings (SSSR count). The standard InChI is InChI=1S/C22H27N3O3/c1-4-27-17(3)21-20(16(2)14-23-24-21)19-10-12-25(13-11-19)22(26)28-15-18-8-6-5-7-9-18/h5-9,14,19H,3-4,10-13,15H2,1-2H3. The lowest BCUT2D eigenvalue weighted by Gasteiger charge is -2.32. The highest BCUT2D eigenvalue weighted by molar-refractivity contribution is 5.68. The molecule has 6 nitrogen and oxygen atoms in total. The fourth-order valence-electron chi connectivity index (χ4n) is 3.61. The van der Waals surface area contributed by atoms with Crippen molar-refractivity contribution in [2.24, 2.45) is 0 Å². The summed E-state index contributed by atoms with van der Waals surface area (Å²) in [5.74, 6) is 0.847. The molecule has 0 saturated carbocycles. The van der Waals surface area contributed by atoms with Crippen LogP contribution < -0.4 is 0 Å². The molecule has 1 aromatic carbocycles. The number of rotatable bonds is 6. The number of ether oxygens (including phenoxy) is 2. The minimum absolute atomic E-state index is 0.258. The van der Waals surface area contributed by atoms with Crippen molar-refractivity contribution in [2.45, 2.75) is 39.2 Å². The molecule has 1 saturated heterocycles. The van der Waals surface area contributed by atoms with E-state index in [0.29, 0.717) is 38.0 Å². The Kier molecular flexibility index (Phi) is 6.63. The van der Waals surface area contributed by atoms with Gasteiger partial charge in [-0.2, -0.15) is 5.10 Å². The lowest BCUT2D eigenvalue weighted by Crippen LogP contribution is -2.38. The zero-order valence-corrected chi connectivity index (χ0v) is 16.6. The van der Waals surface area contributed by atoms with Crippen molar-refractivity contribution in [3.8, 4) is 0 Å². The van der Waals surface area contributed by atoms with Crippen LogP contribution in [0.15, 0.2) is 43.1 Å². The number of hydrogen-bond acceptors (Lipinski definition) is 5. The molecule has 1 fully saturated rings. The maximum Gasteiger partial charge on any atom is 0.410 e. The predicted molar refractivity (Wildman–Crippen MR) is 108 cm³/mol. The zero-order chi connectivity index (χ0) is 19.9. The van der Waals surface area contributed by atoms with Gasteiger partial charge in [0.25, 0.3) is 0 Å². The van der Waals surface area contributed by atoms with Crippen molar-refractivity contribution < 1.29 is 14.3 Å². The number of hydrogen-bond donors (Lipinski definition) is 0. The van der Waals surface area contributed by atoms with Gasteiger partial charge in [0, 0.05) is 13.1 Å². The molecule has 0 bridgehead atoms. The number of nitrogens with zero attached hydrogens (tertiary/aromatic N) is 3. The second-order valence-electron chi connectivity index (χ2n) is 6.95. The van der Waals surface area contributed by atoms with Crippen molar-refractivity contribution in [3.63, 3.8) is 0 Å². The third-order valence-corrected chi connectivity index (χ3v) is 5.04. The van der Waals surface area contributed by atoms with E-state index in [1.807, 2.05) is 44.2 Å². The number of amides is 1. The summed E-state index contributed by atoms with van der Waals surface area (Å²) in [7, 11) is 0. The molecule has 0 N–H and O–H groups in total. The van der Waals surface area contributed by atoms with Crippen LogP contribution in [0.1, 0.15) is 48.1 Å². The van der Waals surface area contributed by atoms with E-state index in [0.717, 1.165) is 35.2 Å². The Morgan fingerprint density at radius 3 is 2.61 bits per heavy atom. The maximum absolute atomic E-state index is 12.4. The second kappa shape index (κ2) is 9.35. The third kappa shape index (κ3) is 4.68. The van der Waals surface area contributed by atoms with Gasteiger partial charge in [0.15, 0.2) is 0 Å². The van der Waals surface area contributed by atoms with Gasteiger partial charge in [-0.3, -0.25) is 0 Å². The summed E-state index contributed by atoms with van der Waals surface area (Å²) in [5.41, 5.74) is 3.93. The lowest BCUT2D eigenvalue weighted by atomic mass is 9.86. The highest BCUT2D eigenvalue weighted by atomic mass is 16.6. The summed E-state index contributed by atoms with van der Waals surface area (Å²) in [6, 6.07) is 9.72. The zero-order valence-electron chi connectivity index (χ0n) is 16.6. The molecule has 2 aromatic rings. The van der Waals surface area contributed by atoms with E-state index >= 15 is 0 Å². The predicted octanol–water partition coefficient (Wildman–Crippen LogP) is 4.31. The molecule has 1 aliphatic rings. The normalized spacial score (nSPS) is 14.6. The van der Waals surface area contributed by atoms with Crippen LogP contribution in [0.4, 0.5) is 4.79 Å². The Morgan fingerprint density at radius 2 is 1.93 bits per heavy atom. The molecule has 6 heteroatoms. The number of likely N-dealkylation sites (tertiary alicyclic amines) is 1. The molecular formula is C22H27N3O3. The number of aromatic nitrogens is 2. The van der Waals surface area contributed by atoms with Crippen LogP contribution in [0.5, 0.6) is 0 Å². The quantitative estimate of drug-likeness (QED) is 0.698. The minimum atomic E-state index is -0.258. The molecule has 0 unspecified atom stereocenters. The monoisotopic (exact) mass is 381 g/mol. The topological polar surface area (TPSA) is 64.6 Å². The third-order valence-electron chi connectivity index (χ3n) is 5.04. The van der Waals surface area contributed by atoms with E-state index in [1.165, 1.54) is 0 Å². The van der Waals surface area contributed by atoms with Crippen molar-refractivity contribution in [1.82, 2.24) is 15.1 Å². The van der Waals surface area contributed by atoms with E-state index in [9.17, 15) is 4.79 Å². The fourth-order valence-corrected chi connectivity index (χ4v) is 3.61. The van der Waals surface area contributed by atoms with Gasteiger partial charge in [-0.1, -0.05) is 36.9 Å². The highest BCUT2D eigenvalue weighted by Crippen LogP contribution is 2.34. The van der Waals surface area contributed by atoms with Crippen molar-refractivity contribution in [3.05, 3.63) is 65.5 Å². The molecule has 28 heavy (non-hydrogen) atoms. The van der Waals surface area contributed by atoms with Crippen molar-refractivity contribution >= 4 is 11.9 Å². The molecule has 1 aromatic heterocycles. The average molecular weight is 381 g/mol. The molecule has 148 valence electrons. The molecule has 0 aliphatic carbocycles. The summed E-state index contributed by atoms with van der Waals surface area (Å²) in [6.07, 6.45) is 3.21. The Balaban J connectivity index is 1.61. The van der Waals surface area contributed by atoms with Crippen LogP contribution >= 0.6 is 0 Å². The van der Waals surface area contributed by atoms with Gasteiger partial charge >= 0.3 is 6.09 Å². The number of piperidine rings is 1. The smallest absolute Gasteiger partial charge is 0.410 e. The first-order valence-electron chi connectivity index (χ1n) is 9.70. The van der Waals surface area contributed by atoms with E-state index in [-0.39, 0.29) is 6.09 Å². The summed E-state index contributed by atoms with van der Waals surface area (Å²) in [5, 5.41) is 8.33. The second-order valence-corrected chi connectivity index (χ2v) is 6.95. The van der Waals surface area contributed by atoms with Gasteiger partial charge in [0.2, 0.25) is 0 Å². The van der Waals surface area contributed by atoms with Crippen molar-refractivity contribution in [2.75, 3.05) is 19.7 Å². The average Bonchev–Trinajstić information content (AvgIpc) is 2.73.